The molecule has 0 aromatic rings. The van der Waals surface area contributed by atoms with Crippen LogP contribution in [-0.2, 0) is 0 Å². The molecule has 0 radical (unpaired) electrons. The topological polar surface area (TPSA) is 65.2 Å². The highest BCUT2D eigenvalue weighted by molar-refractivity contribution is 5.74. The van der Waals surface area contributed by atoms with Crippen LogP contribution in [0.25, 0.3) is 0 Å². The van der Waals surface area contributed by atoms with E-state index in [0.717, 1.165) is 38.9 Å². The summed E-state index contributed by atoms with van der Waals surface area (Å²) in [5, 5.41) is 12.6. The molecule has 92 valence electrons. The van der Waals surface area contributed by atoms with Crippen LogP contribution in [0.5, 0.6) is 0 Å². The fraction of sp³-hybridized carbons (Fsp3) is 0.909. The molecule has 2 rings (SSSR count). The van der Waals surface area contributed by atoms with Crippen LogP contribution in [0.1, 0.15) is 32.1 Å². The van der Waals surface area contributed by atoms with Gasteiger partial charge in [0.1, 0.15) is 0 Å². The SMILES string of the molecule is O=C(NC1CCNCC1)NC1CCCCN1. The molecule has 2 fully saturated rings. The van der Waals surface area contributed by atoms with Gasteiger partial charge in [-0.15, -0.1) is 0 Å². The first-order valence-corrected chi connectivity index (χ1v) is 6.36. The first kappa shape index (κ1) is 11.7. The van der Waals surface area contributed by atoms with E-state index in [1.54, 1.807) is 0 Å². The van der Waals surface area contributed by atoms with E-state index in [0.29, 0.717) is 6.04 Å². The number of hydrogen-bond donors (Lipinski definition) is 4. The van der Waals surface area contributed by atoms with Crippen molar-refractivity contribution in [3.63, 3.8) is 0 Å². The van der Waals surface area contributed by atoms with Crippen molar-refractivity contribution < 1.29 is 4.79 Å². The van der Waals surface area contributed by atoms with Gasteiger partial charge in [-0.3, -0.25) is 5.32 Å². The van der Waals surface area contributed by atoms with Crippen LogP contribution in [0.4, 0.5) is 4.79 Å². The number of urea groups is 1. The molecule has 5 heteroatoms. The number of amides is 2. The third-order valence-electron chi connectivity index (χ3n) is 3.29. The average molecular weight is 226 g/mol. The number of rotatable bonds is 2. The molecular formula is C11H22N4O. The molecule has 2 heterocycles. The minimum absolute atomic E-state index is 0.0219. The summed E-state index contributed by atoms with van der Waals surface area (Å²) in [7, 11) is 0. The molecule has 2 saturated heterocycles. The number of nitrogens with one attached hydrogen (secondary N) is 4. The van der Waals surface area contributed by atoms with Crippen LogP contribution in [-0.4, -0.2) is 37.9 Å². The lowest BCUT2D eigenvalue weighted by molar-refractivity contribution is 0.223. The molecular weight excluding hydrogens is 204 g/mol. The Morgan fingerprint density at radius 1 is 1.00 bits per heavy atom. The summed E-state index contributed by atoms with van der Waals surface area (Å²) >= 11 is 0. The van der Waals surface area contributed by atoms with E-state index in [2.05, 4.69) is 21.3 Å². The lowest BCUT2D eigenvalue weighted by Crippen LogP contribution is -2.54. The Bertz CT molecular complexity index is 200. The van der Waals surface area contributed by atoms with Gasteiger partial charge in [0, 0.05) is 6.04 Å². The number of piperidine rings is 2. The smallest absolute Gasteiger partial charge is 0.316 e. The highest BCUT2D eigenvalue weighted by atomic mass is 16.2. The Hall–Kier alpha value is -0.810. The average Bonchev–Trinajstić information content (AvgIpc) is 2.31. The minimum Gasteiger partial charge on any atom is -0.335 e. The normalized spacial score (nSPS) is 27.4. The third-order valence-corrected chi connectivity index (χ3v) is 3.29. The van der Waals surface area contributed by atoms with Crippen LogP contribution < -0.4 is 21.3 Å². The summed E-state index contributed by atoms with van der Waals surface area (Å²) in [5.41, 5.74) is 0. The van der Waals surface area contributed by atoms with Crippen LogP contribution in [0.2, 0.25) is 0 Å². The highest BCUT2D eigenvalue weighted by Crippen LogP contribution is 2.05. The molecule has 1 unspecified atom stereocenters. The van der Waals surface area contributed by atoms with Crippen molar-refractivity contribution in [2.45, 2.75) is 44.3 Å². The largest absolute Gasteiger partial charge is 0.335 e. The second kappa shape index (κ2) is 6.06. The molecule has 2 aliphatic rings. The maximum atomic E-state index is 11.7. The van der Waals surface area contributed by atoms with Crippen LogP contribution in [0.3, 0.4) is 0 Å². The van der Waals surface area contributed by atoms with Gasteiger partial charge < -0.3 is 16.0 Å². The zero-order valence-electron chi connectivity index (χ0n) is 9.72. The molecule has 16 heavy (non-hydrogen) atoms. The van der Waals surface area contributed by atoms with E-state index in [1.807, 2.05) is 0 Å². The summed E-state index contributed by atoms with van der Waals surface area (Å²) in [6, 6.07) is 0.316. The molecule has 0 saturated carbocycles. The maximum Gasteiger partial charge on any atom is 0.316 e. The van der Waals surface area contributed by atoms with Gasteiger partial charge in [0.15, 0.2) is 0 Å². The fourth-order valence-electron chi connectivity index (χ4n) is 2.33. The first-order chi connectivity index (χ1) is 7.84. The first-order valence-electron chi connectivity index (χ1n) is 6.36. The Kier molecular flexibility index (Phi) is 4.42. The van der Waals surface area contributed by atoms with Gasteiger partial charge in [-0.2, -0.15) is 0 Å². The molecule has 4 N–H and O–H groups in total. The van der Waals surface area contributed by atoms with E-state index >= 15 is 0 Å². The second-order valence-electron chi connectivity index (χ2n) is 4.64. The number of carbonyl (C=O) groups excluding carboxylic acids is 1. The summed E-state index contributed by atoms with van der Waals surface area (Å²) in [6.07, 6.45) is 5.69. The zero-order chi connectivity index (χ0) is 11.2. The summed E-state index contributed by atoms with van der Waals surface area (Å²) in [4.78, 5) is 11.7. The van der Waals surface area contributed by atoms with Gasteiger partial charge in [-0.1, -0.05) is 0 Å². The van der Waals surface area contributed by atoms with Crippen molar-refractivity contribution in [3.8, 4) is 0 Å². The lowest BCUT2D eigenvalue weighted by atomic mass is 10.1. The number of carbonyl (C=O) groups is 1. The van der Waals surface area contributed by atoms with E-state index in [-0.39, 0.29) is 12.2 Å². The predicted molar refractivity (Wildman–Crippen MR) is 63.2 cm³/mol. The van der Waals surface area contributed by atoms with Crippen LogP contribution in [0.15, 0.2) is 0 Å². The quantitative estimate of drug-likeness (QED) is 0.541. The molecule has 0 bridgehead atoms. The standard InChI is InChI=1S/C11H22N4O/c16-11(14-9-4-7-12-8-5-9)15-10-3-1-2-6-13-10/h9-10,12-13H,1-8H2,(H2,14,15,16). The summed E-state index contributed by atoms with van der Waals surface area (Å²) in [6.45, 7) is 3.03. The van der Waals surface area contributed by atoms with Crippen molar-refractivity contribution in [2.75, 3.05) is 19.6 Å². The molecule has 0 spiro atoms. The highest BCUT2D eigenvalue weighted by Gasteiger charge is 2.18. The molecule has 2 amide bonds. The van der Waals surface area contributed by atoms with Gasteiger partial charge >= 0.3 is 6.03 Å². The summed E-state index contributed by atoms with van der Waals surface area (Å²) < 4.78 is 0. The lowest BCUT2D eigenvalue weighted by Gasteiger charge is -2.27. The number of hydrogen-bond acceptors (Lipinski definition) is 3. The van der Waals surface area contributed by atoms with Gasteiger partial charge in [-0.05, 0) is 51.7 Å². The van der Waals surface area contributed by atoms with Gasteiger partial charge in [0.25, 0.3) is 0 Å². The molecule has 5 nitrogen and oxygen atoms in total. The van der Waals surface area contributed by atoms with Crippen molar-refractivity contribution in [3.05, 3.63) is 0 Å². The molecule has 0 aliphatic carbocycles. The van der Waals surface area contributed by atoms with E-state index in [1.165, 1.54) is 12.8 Å². The fourth-order valence-corrected chi connectivity index (χ4v) is 2.33. The van der Waals surface area contributed by atoms with Crippen molar-refractivity contribution in [1.29, 1.82) is 0 Å². The Morgan fingerprint density at radius 3 is 2.50 bits per heavy atom. The van der Waals surface area contributed by atoms with Crippen LogP contribution in [0, 0.1) is 0 Å². The van der Waals surface area contributed by atoms with Crippen molar-refractivity contribution >= 4 is 6.03 Å². The summed E-state index contributed by atoms with van der Waals surface area (Å²) in [5.74, 6) is 0. The van der Waals surface area contributed by atoms with E-state index in [9.17, 15) is 4.79 Å². The van der Waals surface area contributed by atoms with Crippen LogP contribution >= 0.6 is 0 Å². The van der Waals surface area contributed by atoms with Gasteiger partial charge in [-0.25, -0.2) is 4.79 Å². The van der Waals surface area contributed by atoms with Gasteiger partial charge in [0.2, 0.25) is 0 Å². The zero-order valence-corrected chi connectivity index (χ0v) is 9.72. The third kappa shape index (κ3) is 3.64. The molecule has 2 aliphatic heterocycles. The second-order valence-corrected chi connectivity index (χ2v) is 4.64. The van der Waals surface area contributed by atoms with E-state index in [4.69, 9.17) is 0 Å². The Morgan fingerprint density at radius 2 is 1.81 bits per heavy atom. The molecule has 1 atom stereocenters. The Labute approximate surface area is 96.7 Å². The monoisotopic (exact) mass is 226 g/mol. The molecule has 0 aromatic carbocycles. The predicted octanol–water partition coefficient (Wildman–Crippen LogP) is 0.137. The van der Waals surface area contributed by atoms with Crippen molar-refractivity contribution in [1.82, 2.24) is 21.3 Å². The van der Waals surface area contributed by atoms with Gasteiger partial charge in [0.05, 0.1) is 6.17 Å². The molecule has 0 aromatic heterocycles. The van der Waals surface area contributed by atoms with Crippen molar-refractivity contribution in [2.24, 2.45) is 0 Å². The van der Waals surface area contributed by atoms with E-state index < -0.39 is 0 Å². The Balaban J connectivity index is 1.66. The minimum atomic E-state index is -0.0219. The maximum absolute atomic E-state index is 11.7.